The number of carbonyl (C=O) groups excluding carboxylic acids is 1. The van der Waals surface area contributed by atoms with E-state index in [-0.39, 0.29) is 5.97 Å². The zero-order valence-electron chi connectivity index (χ0n) is 17.3. The topological polar surface area (TPSA) is 38.3 Å². The molecular formula is C25H35NO2. The van der Waals surface area contributed by atoms with Crippen molar-refractivity contribution in [1.82, 2.24) is 0 Å². The first-order chi connectivity index (χ1) is 13.8. The van der Waals surface area contributed by atoms with Gasteiger partial charge in [-0.15, -0.1) is 0 Å². The first-order valence-electron chi connectivity index (χ1n) is 10.9. The molecule has 0 aliphatic carbocycles. The van der Waals surface area contributed by atoms with E-state index in [4.69, 9.17) is 4.74 Å². The van der Waals surface area contributed by atoms with Crippen LogP contribution in [0.1, 0.15) is 81.5 Å². The second-order valence-corrected chi connectivity index (χ2v) is 7.39. The summed E-state index contributed by atoms with van der Waals surface area (Å²) in [4.78, 5) is 12.1. The number of unbranched alkanes of at least 4 members (excludes halogenated alkanes) is 9. The van der Waals surface area contributed by atoms with Gasteiger partial charge in [-0.3, -0.25) is 0 Å². The van der Waals surface area contributed by atoms with Gasteiger partial charge in [0, 0.05) is 12.2 Å². The summed E-state index contributed by atoms with van der Waals surface area (Å²) in [6.45, 7) is 3.24. The lowest BCUT2D eigenvalue weighted by molar-refractivity contribution is 0.0735. The van der Waals surface area contributed by atoms with E-state index in [1.54, 1.807) is 12.1 Å². The number of ether oxygens (including phenoxy) is 1. The van der Waals surface area contributed by atoms with Crippen LogP contribution in [0.5, 0.6) is 5.75 Å². The van der Waals surface area contributed by atoms with Gasteiger partial charge in [-0.25, -0.2) is 4.79 Å². The van der Waals surface area contributed by atoms with Crippen LogP contribution in [0.3, 0.4) is 0 Å². The summed E-state index contributed by atoms with van der Waals surface area (Å²) in [5, 5.41) is 3.43. The number of para-hydroxylation sites is 1. The van der Waals surface area contributed by atoms with Gasteiger partial charge in [-0.2, -0.15) is 0 Å². The zero-order valence-corrected chi connectivity index (χ0v) is 17.3. The van der Waals surface area contributed by atoms with Crippen LogP contribution < -0.4 is 10.1 Å². The standard InChI is InChI=1S/C25H35NO2/c1-2-3-4-5-6-7-8-9-10-14-21-26-23-19-17-22(18-20-23)25(27)28-24-15-12-11-13-16-24/h11-13,15-20,26H,2-10,14,21H2,1H3. The molecule has 0 fully saturated rings. The van der Waals surface area contributed by atoms with Gasteiger partial charge in [-0.05, 0) is 42.8 Å². The van der Waals surface area contributed by atoms with Crippen molar-refractivity contribution in [3.05, 3.63) is 60.2 Å². The van der Waals surface area contributed by atoms with Crippen molar-refractivity contribution in [2.45, 2.75) is 71.1 Å². The Hall–Kier alpha value is -2.29. The maximum Gasteiger partial charge on any atom is 0.343 e. The first-order valence-corrected chi connectivity index (χ1v) is 10.9. The summed E-state index contributed by atoms with van der Waals surface area (Å²) in [5.74, 6) is 0.239. The molecule has 0 heterocycles. The van der Waals surface area contributed by atoms with Gasteiger partial charge in [0.1, 0.15) is 5.75 Å². The molecule has 0 aliphatic rings. The Kier molecular flexibility index (Phi) is 10.9. The normalized spacial score (nSPS) is 10.6. The average molecular weight is 382 g/mol. The fourth-order valence-corrected chi connectivity index (χ4v) is 3.22. The largest absolute Gasteiger partial charge is 0.423 e. The molecule has 28 heavy (non-hydrogen) atoms. The van der Waals surface area contributed by atoms with Crippen LogP contribution in [-0.4, -0.2) is 12.5 Å². The van der Waals surface area contributed by atoms with Crippen molar-refractivity contribution in [2.75, 3.05) is 11.9 Å². The van der Waals surface area contributed by atoms with E-state index in [2.05, 4.69) is 12.2 Å². The Labute approximate surface area is 170 Å². The van der Waals surface area contributed by atoms with Crippen LogP contribution in [0.15, 0.2) is 54.6 Å². The van der Waals surface area contributed by atoms with Crippen LogP contribution in [0.2, 0.25) is 0 Å². The SMILES string of the molecule is CCCCCCCCCCCCNc1ccc(C(=O)Oc2ccccc2)cc1. The average Bonchev–Trinajstić information content (AvgIpc) is 2.73. The molecule has 0 saturated heterocycles. The third-order valence-electron chi connectivity index (χ3n) is 4.93. The monoisotopic (exact) mass is 381 g/mol. The summed E-state index contributed by atoms with van der Waals surface area (Å²) in [5.41, 5.74) is 1.61. The predicted molar refractivity (Wildman–Crippen MR) is 118 cm³/mol. The van der Waals surface area contributed by atoms with E-state index in [1.807, 2.05) is 42.5 Å². The number of nitrogens with one attached hydrogen (secondary N) is 1. The number of anilines is 1. The van der Waals surface area contributed by atoms with Gasteiger partial charge < -0.3 is 10.1 Å². The molecule has 2 aromatic rings. The van der Waals surface area contributed by atoms with Crippen LogP contribution >= 0.6 is 0 Å². The minimum Gasteiger partial charge on any atom is -0.423 e. The van der Waals surface area contributed by atoms with E-state index in [0.717, 1.165) is 12.2 Å². The molecule has 0 bridgehead atoms. The maximum atomic E-state index is 12.1. The molecule has 0 aromatic heterocycles. The van der Waals surface area contributed by atoms with Crippen molar-refractivity contribution in [2.24, 2.45) is 0 Å². The van der Waals surface area contributed by atoms with Gasteiger partial charge in [-0.1, -0.05) is 82.9 Å². The number of carbonyl (C=O) groups is 1. The van der Waals surface area contributed by atoms with Crippen molar-refractivity contribution >= 4 is 11.7 Å². The third kappa shape index (κ3) is 9.07. The number of hydrogen-bond acceptors (Lipinski definition) is 3. The molecule has 0 aliphatic heterocycles. The molecule has 2 aromatic carbocycles. The molecule has 0 amide bonds. The van der Waals surface area contributed by atoms with Gasteiger partial charge in [0.25, 0.3) is 0 Å². The van der Waals surface area contributed by atoms with Crippen molar-refractivity contribution in [3.8, 4) is 5.75 Å². The molecule has 0 spiro atoms. The molecule has 2 rings (SSSR count). The van der Waals surface area contributed by atoms with Crippen LogP contribution in [0.25, 0.3) is 0 Å². The highest BCUT2D eigenvalue weighted by atomic mass is 16.5. The summed E-state index contributed by atoms with van der Waals surface area (Å²) in [6.07, 6.45) is 13.5. The molecule has 3 nitrogen and oxygen atoms in total. The van der Waals surface area contributed by atoms with Gasteiger partial charge in [0.2, 0.25) is 0 Å². The molecule has 1 N–H and O–H groups in total. The fourth-order valence-electron chi connectivity index (χ4n) is 3.22. The Morgan fingerprint density at radius 1 is 0.750 bits per heavy atom. The lowest BCUT2D eigenvalue weighted by atomic mass is 10.1. The van der Waals surface area contributed by atoms with Crippen molar-refractivity contribution in [1.29, 1.82) is 0 Å². The van der Waals surface area contributed by atoms with E-state index >= 15 is 0 Å². The van der Waals surface area contributed by atoms with Gasteiger partial charge >= 0.3 is 5.97 Å². The highest BCUT2D eigenvalue weighted by Crippen LogP contribution is 2.15. The van der Waals surface area contributed by atoms with E-state index < -0.39 is 0 Å². The Morgan fingerprint density at radius 3 is 1.93 bits per heavy atom. The van der Waals surface area contributed by atoms with Crippen molar-refractivity contribution < 1.29 is 9.53 Å². The van der Waals surface area contributed by atoms with Crippen LogP contribution in [0.4, 0.5) is 5.69 Å². The quantitative estimate of drug-likeness (QED) is 0.213. The molecule has 0 radical (unpaired) electrons. The Morgan fingerprint density at radius 2 is 1.32 bits per heavy atom. The van der Waals surface area contributed by atoms with Gasteiger partial charge in [0.15, 0.2) is 0 Å². The molecule has 3 heteroatoms. The fraction of sp³-hybridized carbons (Fsp3) is 0.480. The Balaban J connectivity index is 1.54. The molecule has 0 saturated carbocycles. The number of benzene rings is 2. The highest BCUT2D eigenvalue weighted by Gasteiger charge is 2.08. The molecule has 0 unspecified atom stereocenters. The van der Waals surface area contributed by atoms with E-state index in [0.29, 0.717) is 11.3 Å². The lowest BCUT2D eigenvalue weighted by Gasteiger charge is -2.08. The van der Waals surface area contributed by atoms with Gasteiger partial charge in [0.05, 0.1) is 5.56 Å². The summed E-state index contributed by atoms with van der Waals surface area (Å²) in [7, 11) is 0. The highest BCUT2D eigenvalue weighted by molar-refractivity contribution is 5.91. The molecular weight excluding hydrogens is 346 g/mol. The summed E-state index contributed by atoms with van der Waals surface area (Å²) >= 11 is 0. The number of rotatable bonds is 14. The third-order valence-corrected chi connectivity index (χ3v) is 4.93. The minimum atomic E-state index is -0.326. The minimum absolute atomic E-state index is 0.326. The maximum absolute atomic E-state index is 12.1. The zero-order chi connectivity index (χ0) is 19.9. The number of hydrogen-bond donors (Lipinski definition) is 1. The molecule has 152 valence electrons. The van der Waals surface area contributed by atoms with Crippen LogP contribution in [-0.2, 0) is 0 Å². The van der Waals surface area contributed by atoms with E-state index in [9.17, 15) is 4.79 Å². The first kappa shape index (κ1) is 22.0. The smallest absolute Gasteiger partial charge is 0.343 e. The van der Waals surface area contributed by atoms with E-state index in [1.165, 1.54) is 64.2 Å². The summed E-state index contributed by atoms with van der Waals surface area (Å²) in [6, 6.07) is 16.7. The second-order valence-electron chi connectivity index (χ2n) is 7.39. The molecule has 0 atom stereocenters. The van der Waals surface area contributed by atoms with Crippen LogP contribution in [0, 0.1) is 0 Å². The summed E-state index contributed by atoms with van der Waals surface area (Å²) < 4.78 is 5.35. The lowest BCUT2D eigenvalue weighted by Crippen LogP contribution is -2.08. The van der Waals surface area contributed by atoms with Crippen molar-refractivity contribution in [3.63, 3.8) is 0 Å². The predicted octanol–water partition coefficient (Wildman–Crippen LogP) is 7.24. The number of esters is 1. The Bertz CT molecular complexity index is 652. The second kappa shape index (κ2) is 13.8.